The zero-order valence-electron chi connectivity index (χ0n) is 13.3. The first-order valence-electron chi connectivity index (χ1n) is 8.65. The van der Waals surface area contributed by atoms with Crippen molar-refractivity contribution < 1.29 is 0 Å². The van der Waals surface area contributed by atoms with Crippen molar-refractivity contribution in [2.45, 2.75) is 43.8 Å². The van der Waals surface area contributed by atoms with Crippen molar-refractivity contribution in [3.63, 3.8) is 0 Å². The molecule has 3 rings (SSSR count). The molecule has 0 saturated heterocycles. The van der Waals surface area contributed by atoms with Gasteiger partial charge in [-0.3, -0.25) is 0 Å². The molecule has 0 aliphatic heterocycles. The van der Waals surface area contributed by atoms with Crippen LogP contribution in [0.5, 0.6) is 0 Å². The Kier molecular flexibility index (Phi) is 6.20. The highest BCUT2D eigenvalue weighted by atomic mass is 32.2. The Morgan fingerprint density at radius 1 is 0.727 bits per heavy atom. The third kappa shape index (κ3) is 4.50. The van der Waals surface area contributed by atoms with Gasteiger partial charge in [0.25, 0.3) is 0 Å². The zero-order chi connectivity index (χ0) is 15.0. The third-order valence-corrected chi connectivity index (χ3v) is 10.1. The van der Waals surface area contributed by atoms with Gasteiger partial charge in [0.15, 0.2) is 0 Å². The van der Waals surface area contributed by atoms with Crippen LogP contribution in [0, 0.1) is 0 Å². The standard InChI is InChI=1S/C20H26SSi/c1-2-6-12-18(11-5-1)21-17-22(19-13-7-3-8-14-19)20-15-9-4-10-16-20/h3-4,7-10,13-16,18,22H,1-2,5-6,11-12,17H2. The SMILES string of the molecule is c1ccc([SiH](CSC2CCCCCC2)c2ccccc2)cc1. The molecule has 22 heavy (non-hydrogen) atoms. The molecular weight excluding hydrogens is 300 g/mol. The summed E-state index contributed by atoms with van der Waals surface area (Å²) in [5, 5.41) is 5.44. The highest BCUT2D eigenvalue weighted by molar-refractivity contribution is 8.01. The highest BCUT2D eigenvalue weighted by Crippen LogP contribution is 2.27. The molecule has 0 nitrogen and oxygen atoms in total. The Hall–Kier alpha value is -0.993. The van der Waals surface area contributed by atoms with Gasteiger partial charge in [0.1, 0.15) is 8.80 Å². The molecule has 0 amide bonds. The van der Waals surface area contributed by atoms with Crippen LogP contribution in [0.2, 0.25) is 0 Å². The van der Waals surface area contributed by atoms with Crippen LogP contribution in [-0.2, 0) is 0 Å². The van der Waals surface area contributed by atoms with E-state index in [4.69, 9.17) is 0 Å². The van der Waals surface area contributed by atoms with Gasteiger partial charge >= 0.3 is 0 Å². The monoisotopic (exact) mass is 326 g/mol. The quantitative estimate of drug-likeness (QED) is 0.591. The Morgan fingerprint density at radius 3 is 1.73 bits per heavy atom. The van der Waals surface area contributed by atoms with Gasteiger partial charge in [-0.2, -0.15) is 11.8 Å². The van der Waals surface area contributed by atoms with Gasteiger partial charge in [-0.25, -0.2) is 0 Å². The molecule has 0 bridgehead atoms. The van der Waals surface area contributed by atoms with Crippen molar-refractivity contribution >= 4 is 30.9 Å². The van der Waals surface area contributed by atoms with E-state index in [9.17, 15) is 0 Å². The topological polar surface area (TPSA) is 0 Å². The van der Waals surface area contributed by atoms with Crippen molar-refractivity contribution in [1.29, 1.82) is 0 Å². The van der Waals surface area contributed by atoms with Gasteiger partial charge in [-0.15, -0.1) is 0 Å². The fourth-order valence-electron chi connectivity index (χ4n) is 3.40. The Bertz CT molecular complexity index is 493. The maximum atomic E-state index is 2.34. The van der Waals surface area contributed by atoms with E-state index in [2.05, 4.69) is 72.4 Å². The Morgan fingerprint density at radius 2 is 1.23 bits per heavy atom. The van der Waals surface area contributed by atoms with Gasteiger partial charge in [0, 0.05) is 5.25 Å². The minimum Gasteiger partial charge on any atom is -0.161 e. The second-order valence-corrected chi connectivity index (χ2v) is 11.1. The van der Waals surface area contributed by atoms with Crippen molar-refractivity contribution in [1.82, 2.24) is 0 Å². The molecule has 1 saturated carbocycles. The van der Waals surface area contributed by atoms with E-state index in [1.54, 1.807) is 10.4 Å². The van der Waals surface area contributed by atoms with Gasteiger partial charge < -0.3 is 0 Å². The van der Waals surface area contributed by atoms with Crippen molar-refractivity contribution in [3.05, 3.63) is 60.7 Å². The van der Waals surface area contributed by atoms with E-state index in [1.165, 1.54) is 43.9 Å². The molecule has 1 aliphatic carbocycles. The molecule has 2 aromatic rings. The average molecular weight is 327 g/mol. The van der Waals surface area contributed by atoms with Gasteiger partial charge in [0.05, 0.1) is 0 Å². The lowest BCUT2D eigenvalue weighted by atomic mass is 10.2. The molecule has 0 radical (unpaired) electrons. The van der Waals surface area contributed by atoms with Crippen LogP contribution in [0.25, 0.3) is 0 Å². The fraction of sp³-hybridized carbons (Fsp3) is 0.400. The van der Waals surface area contributed by atoms with Gasteiger partial charge in [-0.05, 0) is 18.2 Å². The van der Waals surface area contributed by atoms with Crippen molar-refractivity contribution in [3.8, 4) is 0 Å². The van der Waals surface area contributed by atoms with Crippen LogP contribution in [0.1, 0.15) is 38.5 Å². The van der Waals surface area contributed by atoms with Crippen LogP contribution in [0.15, 0.2) is 60.7 Å². The molecule has 0 heterocycles. The van der Waals surface area contributed by atoms with Crippen LogP contribution < -0.4 is 10.4 Å². The van der Waals surface area contributed by atoms with E-state index < -0.39 is 8.80 Å². The minimum atomic E-state index is -1.07. The second kappa shape index (κ2) is 8.59. The third-order valence-electron chi connectivity index (χ3n) is 4.70. The summed E-state index contributed by atoms with van der Waals surface area (Å²) in [6.45, 7) is 0. The molecule has 2 heteroatoms. The lowest BCUT2D eigenvalue weighted by molar-refractivity contribution is 0.702. The predicted molar refractivity (Wildman–Crippen MR) is 103 cm³/mol. The number of benzene rings is 2. The Labute approximate surface area is 141 Å². The summed E-state index contributed by atoms with van der Waals surface area (Å²) >= 11 is 2.27. The largest absolute Gasteiger partial charge is 0.161 e. The van der Waals surface area contributed by atoms with E-state index >= 15 is 0 Å². The van der Waals surface area contributed by atoms with Crippen molar-refractivity contribution in [2.75, 3.05) is 5.38 Å². The smallest absolute Gasteiger partial charge is 0.112 e. The van der Waals surface area contributed by atoms with Gasteiger partial charge in [-0.1, -0.05) is 96.7 Å². The number of hydrogen-bond donors (Lipinski definition) is 0. The maximum Gasteiger partial charge on any atom is 0.112 e. The average Bonchev–Trinajstić information content (AvgIpc) is 2.86. The first kappa shape index (κ1) is 15.9. The number of thioether (sulfide) groups is 1. The normalized spacial score (nSPS) is 16.6. The Balaban J connectivity index is 1.71. The lowest BCUT2D eigenvalue weighted by Gasteiger charge is -2.20. The van der Waals surface area contributed by atoms with E-state index in [1.807, 2.05) is 0 Å². The van der Waals surface area contributed by atoms with E-state index in [-0.39, 0.29) is 0 Å². The zero-order valence-corrected chi connectivity index (χ0v) is 15.3. The summed E-state index contributed by atoms with van der Waals surface area (Å²) in [5.41, 5.74) is 0. The second-order valence-electron chi connectivity index (χ2n) is 6.32. The summed E-state index contributed by atoms with van der Waals surface area (Å²) < 4.78 is 0. The molecular formula is C20H26SSi. The fourth-order valence-corrected chi connectivity index (χ4v) is 9.22. The molecule has 116 valence electrons. The molecule has 2 aromatic carbocycles. The molecule has 1 aliphatic rings. The van der Waals surface area contributed by atoms with E-state index in [0.29, 0.717) is 0 Å². The van der Waals surface area contributed by atoms with Crippen molar-refractivity contribution in [2.24, 2.45) is 0 Å². The first-order chi connectivity index (χ1) is 10.9. The number of rotatable bonds is 5. The summed E-state index contributed by atoms with van der Waals surface area (Å²) in [5.74, 6) is 0. The molecule has 0 unspecified atom stereocenters. The van der Waals surface area contributed by atoms with E-state index in [0.717, 1.165) is 5.25 Å². The first-order valence-corrected chi connectivity index (χ1v) is 11.7. The highest BCUT2D eigenvalue weighted by Gasteiger charge is 2.19. The molecule has 0 N–H and O–H groups in total. The summed E-state index contributed by atoms with van der Waals surface area (Å²) in [6, 6.07) is 22.5. The summed E-state index contributed by atoms with van der Waals surface area (Å²) in [7, 11) is -1.07. The molecule has 0 aromatic heterocycles. The molecule has 0 spiro atoms. The predicted octanol–water partition coefficient (Wildman–Crippen LogP) is 4.02. The maximum absolute atomic E-state index is 2.34. The van der Waals surface area contributed by atoms with Crippen LogP contribution in [0.3, 0.4) is 0 Å². The van der Waals surface area contributed by atoms with Crippen LogP contribution >= 0.6 is 11.8 Å². The molecule has 0 atom stereocenters. The summed E-state index contributed by atoms with van der Waals surface area (Å²) in [4.78, 5) is 0. The number of hydrogen-bond acceptors (Lipinski definition) is 1. The lowest BCUT2D eigenvalue weighted by Crippen LogP contribution is -2.45. The summed E-state index contributed by atoms with van der Waals surface area (Å²) in [6.07, 6.45) is 8.68. The van der Waals surface area contributed by atoms with Gasteiger partial charge in [0.2, 0.25) is 0 Å². The minimum absolute atomic E-state index is 0.907. The molecule has 1 fully saturated rings. The van der Waals surface area contributed by atoms with Crippen LogP contribution in [0.4, 0.5) is 0 Å². The van der Waals surface area contributed by atoms with Crippen LogP contribution in [-0.4, -0.2) is 19.4 Å².